The zero-order valence-corrected chi connectivity index (χ0v) is 11.5. The summed E-state index contributed by atoms with van der Waals surface area (Å²) in [5, 5.41) is 0. The highest BCUT2D eigenvalue weighted by Crippen LogP contribution is 2.02. The van der Waals surface area contributed by atoms with Gasteiger partial charge >= 0.3 is 0 Å². The molecule has 0 saturated carbocycles. The van der Waals surface area contributed by atoms with Gasteiger partial charge in [-0.05, 0) is 6.92 Å². The summed E-state index contributed by atoms with van der Waals surface area (Å²) in [6.07, 6.45) is 2.49. The van der Waals surface area contributed by atoms with Gasteiger partial charge in [0, 0.05) is 12.2 Å². The summed E-state index contributed by atoms with van der Waals surface area (Å²) in [6.45, 7) is 3.60. The summed E-state index contributed by atoms with van der Waals surface area (Å²) in [4.78, 5) is 34.1. The van der Waals surface area contributed by atoms with Crippen molar-refractivity contribution in [2.45, 2.75) is 6.92 Å². The third-order valence-corrected chi connectivity index (χ3v) is 2.41. The molecule has 20 heavy (non-hydrogen) atoms. The number of Topliss-reactive ketones (excluding diaryl/α,β-unsaturated/α-hetero) is 1. The first kappa shape index (κ1) is 16.5. The number of amides is 2. The lowest BCUT2D eigenvalue weighted by molar-refractivity contribution is -0.137. The van der Waals surface area contributed by atoms with Gasteiger partial charge in [0.2, 0.25) is 0 Å². The van der Waals surface area contributed by atoms with Crippen LogP contribution < -0.4 is 0 Å². The van der Waals surface area contributed by atoms with E-state index in [9.17, 15) is 14.4 Å². The molecule has 0 bridgehead atoms. The van der Waals surface area contributed by atoms with Crippen LogP contribution in [0.5, 0.6) is 0 Å². The molecule has 0 radical (unpaired) electrons. The second-order valence-electron chi connectivity index (χ2n) is 4.14. The maximum absolute atomic E-state index is 11.2. The van der Waals surface area contributed by atoms with Crippen LogP contribution in [0.3, 0.4) is 0 Å². The first-order chi connectivity index (χ1) is 9.61. The lowest BCUT2D eigenvalue weighted by atomic mass is 10.5. The predicted molar refractivity (Wildman–Crippen MR) is 69.0 cm³/mol. The zero-order chi connectivity index (χ0) is 14.8. The van der Waals surface area contributed by atoms with Crippen molar-refractivity contribution in [2.75, 3.05) is 46.2 Å². The van der Waals surface area contributed by atoms with Gasteiger partial charge in [0.1, 0.15) is 6.61 Å². The van der Waals surface area contributed by atoms with Gasteiger partial charge in [-0.3, -0.25) is 19.3 Å². The summed E-state index contributed by atoms with van der Waals surface area (Å²) >= 11 is 0. The van der Waals surface area contributed by atoms with Crippen molar-refractivity contribution in [1.29, 1.82) is 0 Å². The number of ketones is 1. The van der Waals surface area contributed by atoms with Gasteiger partial charge in [0.15, 0.2) is 5.78 Å². The Balaban J connectivity index is 1.87. The van der Waals surface area contributed by atoms with Crippen LogP contribution in [0.25, 0.3) is 0 Å². The van der Waals surface area contributed by atoms with E-state index in [4.69, 9.17) is 14.2 Å². The molecule has 7 nitrogen and oxygen atoms in total. The van der Waals surface area contributed by atoms with Gasteiger partial charge in [-0.1, -0.05) is 0 Å². The topological polar surface area (TPSA) is 82.1 Å². The highest BCUT2D eigenvalue weighted by Gasteiger charge is 2.22. The molecular weight excluding hydrogens is 266 g/mol. The molecule has 0 saturated heterocycles. The van der Waals surface area contributed by atoms with E-state index in [2.05, 4.69) is 0 Å². The molecule has 1 rings (SSSR count). The second kappa shape index (κ2) is 9.35. The minimum Gasteiger partial charge on any atom is -0.377 e. The quantitative estimate of drug-likeness (QED) is 0.378. The Morgan fingerprint density at radius 3 is 2.00 bits per heavy atom. The third kappa shape index (κ3) is 6.55. The molecule has 1 heterocycles. The summed E-state index contributed by atoms with van der Waals surface area (Å²) in [6, 6.07) is 0. The van der Waals surface area contributed by atoms with E-state index in [1.807, 2.05) is 0 Å². The number of hydrogen-bond donors (Lipinski definition) is 0. The van der Waals surface area contributed by atoms with E-state index in [0.29, 0.717) is 26.4 Å². The Labute approximate surface area is 117 Å². The second-order valence-corrected chi connectivity index (χ2v) is 4.14. The van der Waals surface area contributed by atoms with Gasteiger partial charge in [-0.25, -0.2) is 0 Å². The van der Waals surface area contributed by atoms with E-state index in [1.54, 1.807) is 0 Å². The van der Waals surface area contributed by atoms with Gasteiger partial charge < -0.3 is 14.2 Å². The Bertz CT molecular complexity index is 361. The largest absolute Gasteiger partial charge is 0.377 e. The van der Waals surface area contributed by atoms with Crippen LogP contribution >= 0.6 is 0 Å². The van der Waals surface area contributed by atoms with E-state index in [-0.39, 0.29) is 37.4 Å². The molecule has 1 aliphatic heterocycles. The monoisotopic (exact) mass is 285 g/mol. The summed E-state index contributed by atoms with van der Waals surface area (Å²) < 4.78 is 15.5. The number of nitrogens with zero attached hydrogens (tertiary/aromatic N) is 1. The molecule has 0 aliphatic carbocycles. The van der Waals surface area contributed by atoms with Crippen LogP contribution in [0.2, 0.25) is 0 Å². The summed E-state index contributed by atoms with van der Waals surface area (Å²) in [5.41, 5.74) is 0. The first-order valence-corrected chi connectivity index (χ1v) is 6.37. The molecule has 0 N–H and O–H groups in total. The highest BCUT2D eigenvalue weighted by molar-refractivity contribution is 6.12. The third-order valence-electron chi connectivity index (χ3n) is 2.41. The number of imide groups is 1. The zero-order valence-electron chi connectivity index (χ0n) is 11.5. The van der Waals surface area contributed by atoms with Crippen LogP contribution in [0, 0.1) is 0 Å². The Kier molecular flexibility index (Phi) is 7.71. The Hall–Kier alpha value is -1.57. The van der Waals surface area contributed by atoms with Crippen molar-refractivity contribution in [3.05, 3.63) is 12.2 Å². The molecular formula is C13H19NO6. The standard InChI is InChI=1S/C13H19NO6/c1-11(15)10-20-9-8-19-7-6-18-5-4-14-12(16)2-3-13(14)17/h2-3H,4-10H2,1H3. The number of rotatable bonds is 11. The van der Waals surface area contributed by atoms with Gasteiger partial charge in [-0.15, -0.1) is 0 Å². The molecule has 0 fully saturated rings. The smallest absolute Gasteiger partial charge is 0.253 e. The molecule has 7 heteroatoms. The van der Waals surface area contributed by atoms with Crippen molar-refractivity contribution in [3.63, 3.8) is 0 Å². The van der Waals surface area contributed by atoms with Crippen molar-refractivity contribution in [1.82, 2.24) is 4.90 Å². The number of carbonyl (C=O) groups excluding carboxylic acids is 3. The normalized spacial score (nSPS) is 14.3. The lowest BCUT2D eigenvalue weighted by Crippen LogP contribution is -2.33. The van der Waals surface area contributed by atoms with Crippen LogP contribution in [0.15, 0.2) is 12.2 Å². The van der Waals surface area contributed by atoms with E-state index in [1.165, 1.54) is 19.1 Å². The molecule has 0 aromatic carbocycles. The van der Waals surface area contributed by atoms with Crippen LogP contribution in [-0.2, 0) is 28.6 Å². The first-order valence-electron chi connectivity index (χ1n) is 6.37. The molecule has 1 aliphatic rings. The van der Waals surface area contributed by atoms with E-state index < -0.39 is 0 Å². The SMILES string of the molecule is CC(=O)COCCOCCOCCN1C(=O)C=CC1=O. The van der Waals surface area contributed by atoms with Crippen LogP contribution in [-0.4, -0.2) is 68.7 Å². The fourth-order valence-electron chi connectivity index (χ4n) is 1.46. The minimum absolute atomic E-state index is 0.0196. The highest BCUT2D eigenvalue weighted by atomic mass is 16.5. The molecule has 0 spiro atoms. The maximum Gasteiger partial charge on any atom is 0.253 e. The van der Waals surface area contributed by atoms with Crippen molar-refractivity contribution in [3.8, 4) is 0 Å². The summed E-state index contributed by atoms with van der Waals surface area (Å²) in [7, 11) is 0. The average Bonchev–Trinajstić information content (AvgIpc) is 2.71. The predicted octanol–water partition coefficient (Wildman–Crippen LogP) is -0.450. The fraction of sp³-hybridized carbons (Fsp3) is 0.615. The molecule has 0 unspecified atom stereocenters. The van der Waals surface area contributed by atoms with Crippen molar-refractivity contribution >= 4 is 17.6 Å². The molecule has 2 amide bonds. The molecule has 112 valence electrons. The number of ether oxygens (including phenoxy) is 3. The molecule has 0 aromatic rings. The molecule has 0 atom stereocenters. The Morgan fingerprint density at radius 1 is 0.950 bits per heavy atom. The minimum atomic E-state index is -0.308. The average molecular weight is 285 g/mol. The van der Waals surface area contributed by atoms with Gasteiger partial charge in [0.05, 0.1) is 39.6 Å². The van der Waals surface area contributed by atoms with Crippen LogP contribution in [0.4, 0.5) is 0 Å². The van der Waals surface area contributed by atoms with Gasteiger partial charge in [0.25, 0.3) is 11.8 Å². The lowest BCUT2D eigenvalue weighted by Gasteiger charge is -2.13. The Morgan fingerprint density at radius 2 is 1.45 bits per heavy atom. The fourth-order valence-corrected chi connectivity index (χ4v) is 1.46. The van der Waals surface area contributed by atoms with Gasteiger partial charge in [-0.2, -0.15) is 0 Å². The summed E-state index contributed by atoms with van der Waals surface area (Å²) in [5.74, 6) is -0.635. The maximum atomic E-state index is 11.2. The van der Waals surface area contributed by atoms with E-state index >= 15 is 0 Å². The molecule has 0 aromatic heterocycles. The van der Waals surface area contributed by atoms with Crippen molar-refractivity contribution in [2.24, 2.45) is 0 Å². The number of hydrogen-bond acceptors (Lipinski definition) is 6. The van der Waals surface area contributed by atoms with E-state index in [0.717, 1.165) is 4.90 Å². The number of carbonyl (C=O) groups is 3. The van der Waals surface area contributed by atoms with Crippen molar-refractivity contribution < 1.29 is 28.6 Å². The van der Waals surface area contributed by atoms with Crippen LogP contribution in [0.1, 0.15) is 6.92 Å².